The maximum atomic E-state index is 13.5. The van der Waals surface area contributed by atoms with Gasteiger partial charge in [-0.3, -0.25) is 4.79 Å². The van der Waals surface area contributed by atoms with Crippen LogP contribution in [0.2, 0.25) is 0 Å². The van der Waals surface area contributed by atoms with Crippen molar-refractivity contribution in [3.8, 4) is 0 Å². The van der Waals surface area contributed by atoms with Crippen LogP contribution in [0, 0.1) is 22.1 Å². The number of aryl methyl sites for hydroxylation is 1. The first-order valence-corrected chi connectivity index (χ1v) is 6.58. The van der Waals surface area contributed by atoms with Gasteiger partial charge in [0, 0.05) is 3.57 Å². The predicted octanol–water partition coefficient (Wildman–Crippen LogP) is 4.13. The van der Waals surface area contributed by atoms with E-state index in [4.69, 9.17) is 0 Å². The van der Waals surface area contributed by atoms with Gasteiger partial charge in [-0.05, 0) is 65.4 Å². The van der Waals surface area contributed by atoms with Crippen molar-refractivity contribution in [3.05, 3.63) is 62.7 Å². The topological polar surface area (TPSA) is 29.1 Å². The molecule has 0 aliphatic rings. The number of amides is 1. The molecule has 2 aromatic carbocycles. The second kappa shape index (κ2) is 5.64. The molecule has 0 aromatic heterocycles. The van der Waals surface area contributed by atoms with Gasteiger partial charge < -0.3 is 5.32 Å². The van der Waals surface area contributed by atoms with Gasteiger partial charge in [0.15, 0.2) is 0 Å². The monoisotopic (exact) mass is 373 g/mol. The van der Waals surface area contributed by atoms with Crippen LogP contribution in [0.3, 0.4) is 0 Å². The molecule has 98 valence electrons. The Balaban J connectivity index is 2.28. The van der Waals surface area contributed by atoms with Crippen LogP contribution in [0.5, 0.6) is 0 Å². The first-order chi connectivity index (χ1) is 8.97. The van der Waals surface area contributed by atoms with Gasteiger partial charge in [0.1, 0.15) is 11.6 Å². The second-order valence-corrected chi connectivity index (χ2v) is 5.22. The van der Waals surface area contributed by atoms with Gasteiger partial charge in [-0.15, -0.1) is 0 Å². The molecule has 2 nitrogen and oxygen atoms in total. The number of anilines is 1. The number of nitrogens with one attached hydrogen (secondary N) is 1. The smallest absolute Gasteiger partial charge is 0.258 e. The molecular formula is C14H10F2INO. The Kier molecular flexibility index (Phi) is 4.14. The quantitative estimate of drug-likeness (QED) is 0.789. The highest BCUT2D eigenvalue weighted by molar-refractivity contribution is 14.1. The van der Waals surface area contributed by atoms with Crippen LogP contribution in [-0.4, -0.2) is 5.91 Å². The standard InChI is InChI=1S/C14H10F2INO/c1-8-2-5-13(12(17)6-8)18-14(19)10-7-9(15)3-4-11(10)16/h2-7H,1H3,(H,18,19). The normalized spacial score (nSPS) is 10.3. The van der Waals surface area contributed by atoms with E-state index in [-0.39, 0.29) is 5.56 Å². The number of carbonyl (C=O) groups is 1. The SMILES string of the molecule is Cc1ccc(NC(=O)c2cc(F)ccc2F)c(I)c1. The summed E-state index contributed by atoms with van der Waals surface area (Å²) in [6.45, 7) is 1.93. The lowest BCUT2D eigenvalue weighted by Crippen LogP contribution is -2.15. The molecule has 2 aromatic rings. The van der Waals surface area contributed by atoms with Gasteiger partial charge in [0.05, 0.1) is 11.3 Å². The molecule has 0 fully saturated rings. The fourth-order valence-electron chi connectivity index (χ4n) is 1.58. The average molecular weight is 373 g/mol. The number of rotatable bonds is 2. The van der Waals surface area contributed by atoms with Gasteiger partial charge in [0.2, 0.25) is 0 Å². The Bertz CT molecular complexity index is 643. The molecule has 0 aliphatic heterocycles. The molecule has 1 N–H and O–H groups in total. The lowest BCUT2D eigenvalue weighted by Gasteiger charge is -2.09. The van der Waals surface area contributed by atoms with Crippen molar-refractivity contribution < 1.29 is 13.6 Å². The third-order valence-electron chi connectivity index (χ3n) is 2.55. The van der Waals surface area contributed by atoms with Gasteiger partial charge in [-0.25, -0.2) is 8.78 Å². The minimum atomic E-state index is -0.749. The highest BCUT2D eigenvalue weighted by Gasteiger charge is 2.14. The van der Waals surface area contributed by atoms with Crippen molar-refractivity contribution >= 4 is 34.2 Å². The molecule has 0 heterocycles. The van der Waals surface area contributed by atoms with Crippen molar-refractivity contribution in [1.82, 2.24) is 0 Å². The third kappa shape index (κ3) is 3.28. The summed E-state index contributed by atoms with van der Waals surface area (Å²) in [6, 6.07) is 8.24. The summed E-state index contributed by atoms with van der Waals surface area (Å²) in [5.41, 5.74) is 1.32. The number of hydrogen-bond donors (Lipinski definition) is 1. The minimum Gasteiger partial charge on any atom is -0.321 e. The van der Waals surface area contributed by atoms with Crippen LogP contribution < -0.4 is 5.32 Å². The molecule has 0 unspecified atom stereocenters. The van der Waals surface area contributed by atoms with Crippen LogP contribution in [0.1, 0.15) is 15.9 Å². The second-order valence-electron chi connectivity index (χ2n) is 4.06. The maximum absolute atomic E-state index is 13.5. The van der Waals surface area contributed by atoms with Crippen LogP contribution in [0.4, 0.5) is 14.5 Å². The molecule has 2 rings (SSSR count). The molecular weight excluding hydrogens is 363 g/mol. The summed E-state index contributed by atoms with van der Waals surface area (Å²) in [4.78, 5) is 11.9. The van der Waals surface area contributed by atoms with E-state index in [1.807, 2.05) is 19.1 Å². The maximum Gasteiger partial charge on any atom is 0.258 e. The van der Waals surface area contributed by atoms with E-state index in [0.29, 0.717) is 5.69 Å². The summed E-state index contributed by atoms with van der Waals surface area (Å²) in [7, 11) is 0. The average Bonchev–Trinajstić information content (AvgIpc) is 2.35. The zero-order chi connectivity index (χ0) is 14.0. The zero-order valence-corrected chi connectivity index (χ0v) is 12.2. The number of halogens is 3. The van der Waals surface area contributed by atoms with Gasteiger partial charge >= 0.3 is 0 Å². The van der Waals surface area contributed by atoms with Crippen molar-refractivity contribution in [2.24, 2.45) is 0 Å². The van der Waals surface area contributed by atoms with Crippen LogP contribution in [0.15, 0.2) is 36.4 Å². The Morgan fingerprint density at radius 1 is 1.16 bits per heavy atom. The van der Waals surface area contributed by atoms with Crippen molar-refractivity contribution in [1.29, 1.82) is 0 Å². The number of hydrogen-bond acceptors (Lipinski definition) is 1. The molecule has 1 amide bonds. The largest absolute Gasteiger partial charge is 0.321 e. The lowest BCUT2D eigenvalue weighted by atomic mass is 10.1. The lowest BCUT2D eigenvalue weighted by molar-refractivity contribution is 0.102. The molecule has 0 bridgehead atoms. The fourth-order valence-corrected chi connectivity index (χ4v) is 2.39. The molecule has 19 heavy (non-hydrogen) atoms. The molecule has 0 atom stereocenters. The first-order valence-electron chi connectivity index (χ1n) is 5.50. The predicted molar refractivity (Wildman–Crippen MR) is 78.2 cm³/mol. The van der Waals surface area contributed by atoms with Crippen LogP contribution >= 0.6 is 22.6 Å². The van der Waals surface area contributed by atoms with E-state index in [1.165, 1.54) is 0 Å². The van der Waals surface area contributed by atoms with Crippen molar-refractivity contribution in [2.75, 3.05) is 5.32 Å². The van der Waals surface area contributed by atoms with Gasteiger partial charge in [-0.1, -0.05) is 6.07 Å². The minimum absolute atomic E-state index is 0.309. The number of benzene rings is 2. The van der Waals surface area contributed by atoms with Gasteiger partial charge in [0.25, 0.3) is 5.91 Å². The summed E-state index contributed by atoms with van der Waals surface area (Å²) < 4.78 is 27.3. The summed E-state index contributed by atoms with van der Waals surface area (Å²) in [5.74, 6) is -2.06. The number of carbonyl (C=O) groups excluding carboxylic acids is 1. The molecule has 0 saturated heterocycles. The molecule has 5 heteroatoms. The van der Waals surface area contributed by atoms with E-state index < -0.39 is 17.5 Å². The molecule has 0 aliphatic carbocycles. The van der Waals surface area contributed by atoms with Crippen LogP contribution in [0.25, 0.3) is 0 Å². The molecule has 0 spiro atoms. The third-order valence-corrected chi connectivity index (χ3v) is 3.44. The Hall–Kier alpha value is -1.50. The summed E-state index contributed by atoms with van der Waals surface area (Å²) in [6.07, 6.45) is 0. The van der Waals surface area contributed by atoms with E-state index in [2.05, 4.69) is 27.9 Å². The van der Waals surface area contributed by atoms with E-state index in [9.17, 15) is 13.6 Å². The first kappa shape index (κ1) is 13.9. The van der Waals surface area contributed by atoms with E-state index in [0.717, 1.165) is 27.3 Å². The summed E-state index contributed by atoms with van der Waals surface area (Å²) >= 11 is 2.07. The highest BCUT2D eigenvalue weighted by Crippen LogP contribution is 2.20. The Morgan fingerprint density at radius 2 is 1.89 bits per heavy atom. The molecule has 0 saturated carbocycles. The Morgan fingerprint density at radius 3 is 2.58 bits per heavy atom. The van der Waals surface area contributed by atoms with Crippen molar-refractivity contribution in [2.45, 2.75) is 6.92 Å². The van der Waals surface area contributed by atoms with E-state index in [1.54, 1.807) is 6.07 Å². The Labute approximate surface area is 123 Å². The van der Waals surface area contributed by atoms with Crippen LogP contribution in [-0.2, 0) is 0 Å². The zero-order valence-electron chi connectivity index (χ0n) is 10.0. The molecule has 0 radical (unpaired) electrons. The summed E-state index contributed by atoms with van der Waals surface area (Å²) in [5, 5.41) is 2.57. The van der Waals surface area contributed by atoms with Crippen molar-refractivity contribution in [3.63, 3.8) is 0 Å². The van der Waals surface area contributed by atoms with Gasteiger partial charge in [-0.2, -0.15) is 0 Å². The highest BCUT2D eigenvalue weighted by atomic mass is 127. The van der Waals surface area contributed by atoms with E-state index >= 15 is 0 Å². The fraction of sp³-hybridized carbons (Fsp3) is 0.0714.